The highest BCUT2D eigenvalue weighted by Gasteiger charge is 2.37. The number of nitrogens with one attached hydrogen (secondary N) is 3. The van der Waals surface area contributed by atoms with Crippen molar-refractivity contribution in [3.05, 3.63) is 65.3 Å². The van der Waals surface area contributed by atoms with Crippen molar-refractivity contribution in [1.29, 1.82) is 0 Å². The van der Waals surface area contributed by atoms with Crippen LogP contribution in [0.5, 0.6) is 11.5 Å². The van der Waals surface area contributed by atoms with E-state index in [9.17, 15) is 4.79 Å². The van der Waals surface area contributed by atoms with Crippen LogP contribution in [0.15, 0.2) is 54.7 Å². The molecular weight excluding hydrogens is 398 g/mol. The number of hydrogen-bond donors (Lipinski definition) is 3. The maximum Gasteiger partial charge on any atom is 0.235 e. The first-order chi connectivity index (χ1) is 13.5. The number of rotatable bonds is 3. The minimum absolute atomic E-state index is 0.250. The maximum absolute atomic E-state index is 13.1. The Morgan fingerprint density at radius 3 is 2.71 bits per heavy atom. The summed E-state index contributed by atoms with van der Waals surface area (Å²) in [5, 5.41) is 9.87. The van der Waals surface area contributed by atoms with Gasteiger partial charge in [0.05, 0.1) is 16.8 Å². The standard InChI is InChI=1S/C20H18ClN3O3S/c1-11-17(19(25)23-14-5-3-2-4-13(14)21)18(24-20(28)22-11)12-6-7-15-16(10-12)27-9-8-26-15/h2-7,10,17-18H,1,8-9H2,(H,23,25)(H2,22,24,28)/t17-,18+/m1/s1. The second-order valence-electron chi connectivity index (χ2n) is 6.45. The molecule has 8 heteroatoms. The molecule has 2 heterocycles. The van der Waals surface area contributed by atoms with Gasteiger partial charge in [-0.2, -0.15) is 0 Å². The molecule has 0 aliphatic carbocycles. The van der Waals surface area contributed by atoms with Crippen molar-refractivity contribution in [2.24, 2.45) is 5.92 Å². The molecule has 0 saturated carbocycles. The summed E-state index contributed by atoms with van der Waals surface area (Å²) in [6.07, 6.45) is 0. The Labute approximate surface area is 172 Å². The lowest BCUT2D eigenvalue weighted by atomic mass is 9.88. The van der Waals surface area contributed by atoms with Gasteiger partial charge in [-0.15, -0.1) is 0 Å². The molecule has 0 spiro atoms. The Morgan fingerprint density at radius 2 is 1.93 bits per heavy atom. The zero-order valence-electron chi connectivity index (χ0n) is 14.8. The van der Waals surface area contributed by atoms with Gasteiger partial charge in [-0.1, -0.05) is 36.4 Å². The van der Waals surface area contributed by atoms with E-state index in [2.05, 4.69) is 22.5 Å². The third-order valence-electron chi connectivity index (χ3n) is 4.61. The molecule has 2 atom stereocenters. The minimum atomic E-state index is -0.620. The molecule has 6 nitrogen and oxygen atoms in total. The van der Waals surface area contributed by atoms with E-state index in [0.29, 0.717) is 46.2 Å². The summed E-state index contributed by atoms with van der Waals surface area (Å²) < 4.78 is 11.3. The molecule has 2 aliphatic heterocycles. The Bertz CT molecular complexity index is 965. The first-order valence-corrected chi connectivity index (χ1v) is 9.53. The molecule has 144 valence electrons. The largest absolute Gasteiger partial charge is 0.486 e. The van der Waals surface area contributed by atoms with Gasteiger partial charge < -0.3 is 25.4 Å². The van der Waals surface area contributed by atoms with Crippen LogP contribution in [0, 0.1) is 5.92 Å². The third-order valence-corrected chi connectivity index (χ3v) is 5.16. The highest BCUT2D eigenvalue weighted by atomic mass is 35.5. The first-order valence-electron chi connectivity index (χ1n) is 8.74. The molecule has 0 bridgehead atoms. The van der Waals surface area contributed by atoms with E-state index < -0.39 is 12.0 Å². The summed E-state index contributed by atoms with van der Waals surface area (Å²) in [6.45, 7) is 5.01. The van der Waals surface area contributed by atoms with E-state index in [4.69, 9.17) is 33.3 Å². The lowest BCUT2D eigenvalue weighted by Crippen LogP contribution is -2.51. The number of benzene rings is 2. The van der Waals surface area contributed by atoms with Crippen LogP contribution in [-0.2, 0) is 4.79 Å². The van der Waals surface area contributed by atoms with Crippen LogP contribution < -0.4 is 25.4 Å². The Morgan fingerprint density at radius 1 is 1.18 bits per heavy atom. The lowest BCUT2D eigenvalue weighted by Gasteiger charge is -2.35. The van der Waals surface area contributed by atoms with E-state index in [1.165, 1.54) is 0 Å². The van der Waals surface area contributed by atoms with E-state index in [1.807, 2.05) is 18.2 Å². The Kier molecular flexibility index (Phi) is 5.11. The highest BCUT2D eigenvalue weighted by Crippen LogP contribution is 2.37. The number of ether oxygens (including phenoxy) is 2. The van der Waals surface area contributed by atoms with Gasteiger partial charge in [0, 0.05) is 5.70 Å². The van der Waals surface area contributed by atoms with Crippen molar-refractivity contribution >= 4 is 40.5 Å². The molecule has 28 heavy (non-hydrogen) atoms. The van der Waals surface area contributed by atoms with Gasteiger partial charge in [0.25, 0.3) is 0 Å². The number of carbonyl (C=O) groups excluding carboxylic acids is 1. The normalized spacial score (nSPS) is 20.8. The topological polar surface area (TPSA) is 71.6 Å². The van der Waals surface area contributed by atoms with Crippen molar-refractivity contribution < 1.29 is 14.3 Å². The van der Waals surface area contributed by atoms with Crippen LogP contribution in [0.1, 0.15) is 11.6 Å². The van der Waals surface area contributed by atoms with Crippen LogP contribution in [-0.4, -0.2) is 24.2 Å². The summed E-state index contributed by atoms with van der Waals surface area (Å²) in [6, 6.07) is 12.2. The van der Waals surface area contributed by atoms with Crippen LogP contribution >= 0.6 is 23.8 Å². The monoisotopic (exact) mass is 415 g/mol. The van der Waals surface area contributed by atoms with Gasteiger partial charge in [-0.3, -0.25) is 4.79 Å². The number of hydrogen-bond acceptors (Lipinski definition) is 4. The molecule has 0 aromatic heterocycles. The van der Waals surface area contributed by atoms with Gasteiger partial charge in [-0.05, 0) is 42.0 Å². The molecular formula is C20H18ClN3O3S. The molecule has 2 aromatic rings. The number of para-hydroxylation sites is 1. The smallest absolute Gasteiger partial charge is 0.235 e. The predicted octanol–water partition coefficient (Wildman–Crippen LogP) is 3.40. The van der Waals surface area contributed by atoms with Gasteiger partial charge in [0.2, 0.25) is 5.91 Å². The van der Waals surface area contributed by atoms with Crippen molar-refractivity contribution in [2.45, 2.75) is 6.04 Å². The molecule has 1 amide bonds. The van der Waals surface area contributed by atoms with Gasteiger partial charge in [-0.25, -0.2) is 0 Å². The van der Waals surface area contributed by atoms with Crippen molar-refractivity contribution in [3.63, 3.8) is 0 Å². The van der Waals surface area contributed by atoms with E-state index in [1.54, 1.807) is 24.3 Å². The average molecular weight is 416 g/mol. The number of fused-ring (bicyclic) bond motifs is 1. The summed E-state index contributed by atoms with van der Waals surface area (Å²) in [5.41, 5.74) is 1.89. The fourth-order valence-electron chi connectivity index (χ4n) is 3.30. The lowest BCUT2D eigenvalue weighted by molar-refractivity contribution is -0.119. The number of carbonyl (C=O) groups is 1. The SMILES string of the molecule is C=C1NC(=S)N[C@@H](c2ccc3c(c2)OCCO3)[C@@H]1C(=O)Nc1ccccc1Cl. The molecule has 4 rings (SSSR count). The highest BCUT2D eigenvalue weighted by molar-refractivity contribution is 7.80. The molecule has 2 aliphatic rings. The molecule has 0 radical (unpaired) electrons. The van der Waals surface area contributed by atoms with Gasteiger partial charge in [0.1, 0.15) is 19.1 Å². The first kappa shape index (κ1) is 18.6. The van der Waals surface area contributed by atoms with Gasteiger partial charge >= 0.3 is 0 Å². The van der Waals surface area contributed by atoms with E-state index >= 15 is 0 Å². The number of halogens is 1. The zero-order chi connectivity index (χ0) is 19.7. The van der Waals surface area contributed by atoms with Crippen LogP contribution in [0.4, 0.5) is 5.69 Å². The fourth-order valence-corrected chi connectivity index (χ4v) is 3.74. The average Bonchev–Trinajstić information content (AvgIpc) is 2.68. The second kappa shape index (κ2) is 7.69. The molecule has 1 saturated heterocycles. The summed E-state index contributed by atoms with van der Waals surface area (Å²) in [7, 11) is 0. The van der Waals surface area contributed by atoms with Crippen molar-refractivity contribution in [1.82, 2.24) is 10.6 Å². The Balaban J connectivity index is 1.65. The van der Waals surface area contributed by atoms with Crippen LogP contribution in [0.25, 0.3) is 0 Å². The third kappa shape index (κ3) is 3.63. The molecule has 2 aromatic carbocycles. The number of amides is 1. The second-order valence-corrected chi connectivity index (χ2v) is 7.27. The number of anilines is 1. The summed E-state index contributed by atoms with van der Waals surface area (Å²) in [4.78, 5) is 13.1. The fraction of sp³-hybridized carbons (Fsp3) is 0.200. The van der Waals surface area contributed by atoms with Crippen molar-refractivity contribution in [2.75, 3.05) is 18.5 Å². The van der Waals surface area contributed by atoms with Crippen molar-refractivity contribution in [3.8, 4) is 11.5 Å². The quantitative estimate of drug-likeness (QED) is 0.667. The molecule has 3 N–H and O–H groups in total. The molecule has 0 unspecified atom stereocenters. The summed E-state index contributed by atoms with van der Waals surface area (Å²) >= 11 is 11.5. The summed E-state index contributed by atoms with van der Waals surface area (Å²) in [5.74, 6) is 0.458. The molecule has 1 fully saturated rings. The Hall–Kier alpha value is -2.77. The zero-order valence-corrected chi connectivity index (χ0v) is 16.4. The number of thiocarbonyl (C=S) groups is 1. The minimum Gasteiger partial charge on any atom is -0.486 e. The van der Waals surface area contributed by atoms with E-state index in [-0.39, 0.29) is 5.91 Å². The predicted molar refractivity (Wildman–Crippen MR) is 112 cm³/mol. The van der Waals surface area contributed by atoms with Crippen LogP contribution in [0.2, 0.25) is 5.02 Å². The van der Waals surface area contributed by atoms with E-state index in [0.717, 1.165) is 5.56 Å². The maximum atomic E-state index is 13.1. The van der Waals surface area contributed by atoms with Crippen LogP contribution in [0.3, 0.4) is 0 Å². The van der Waals surface area contributed by atoms with Gasteiger partial charge in [0.15, 0.2) is 16.6 Å².